The van der Waals surface area contributed by atoms with Crippen LogP contribution in [0.3, 0.4) is 0 Å². The second-order valence-corrected chi connectivity index (χ2v) is 7.08. The highest BCUT2D eigenvalue weighted by molar-refractivity contribution is 4.92. The lowest BCUT2D eigenvalue weighted by Crippen LogP contribution is -2.39. The standard InChI is InChI=1S/C16H31N3/c1-14(2)11-18-12-15-5-8-19(9-6-15)10-7-16(3,4)13-17/h14-15,18H,5-12H2,1-4H3. The average molecular weight is 265 g/mol. The number of hydrogen-bond donors (Lipinski definition) is 1. The van der Waals surface area contributed by atoms with Crippen LogP contribution in [-0.2, 0) is 0 Å². The first kappa shape index (κ1) is 16.5. The highest BCUT2D eigenvalue weighted by Gasteiger charge is 2.22. The zero-order valence-electron chi connectivity index (χ0n) is 13.2. The van der Waals surface area contributed by atoms with Gasteiger partial charge in [-0.15, -0.1) is 0 Å². The number of piperidine rings is 1. The summed E-state index contributed by atoms with van der Waals surface area (Å²) in [5, 5.41) is 12.6. The molecule has 0 radical (unpaired) electrons. The van der Waals surface area contributed by atoms with Gasteiger partial charge in [-0.25, -0.2) is 0 Å². The summed E-state index contributed by atoms with van der Waals surface area (Å²) < 4.78 is 0. The molecule has 110 valence electrons. The van der Waals surface area contributed by atoms with E-state index in [1.165, 1.54) is 32.5 Å². The van der Waals surface area contributed by atoms with Gasteiger partial charge in [0.2, 0.25) is 0 Å². The van der Waals surface area contributed by atoms with Gasteiger partial charge in [0.1, 0.15) is 0 Å². The molecule has 1 aliphatic rings. The van der Waals surface area contributed by atoms with E-state index in [0.29, 0.717) is 0 Å². The summed E-state index contributed by atoms with van der Waals surface area (Å²) in [6.07, 6.45) is 3.59. The lowest BCUT2D eigenvalue weighted by molar-refractivity contribution is 0.167. The highest BCUT2D eigenvalue weighted by Crippen LogP contribution is 2.22. The molecule has 0 aromatic heterocycles. The normalized spacial score (nSPS) is 18.7. The Morgan fingerprint density at radius 3 is 2.47 bits per heavy atom. The van der Waals surface area contributed by atoms with Gasteiger partial charge in [0.05, 0.1) is 11.5 Å². The summed E-state index contributed by atoms with van der Waals surface area (Å²) in [6, 6.07) is 2.39. The summed E-state index contributed by atoms with van der Waals surface area (Å²) in [5.41, 5.74) is -0.171. The SMILES string of the molecule is CC(C)CNCC1CCN(CCC(C)(C)C#N)CC1. The molecule has 1 aliphatic heterocycles. The molecular weight excluding hydrogens is 234 g/mol. The van der Waals surface area contributed by atoms with Crippen LogP contribution >= 0.6 is 0 Å². The third-order valence-electron chi connectivity index (χ3n) is 4.05. The topological polar surface area (TPSA) is 39.1 Å². The number of rotatable bonds is 7. The summed E-state index contributed by atoms with van der Waals surface area (Å²) in [5.74, 6) is 1.59. The summed E-state index contributed by atoms with van der Waals surface area (Å²) in [6.45, 7) is 14.4. The van der Waals surface area contributed by atoms with Crippen LogP contribution in [0.1, 0.15) is 47.0 Å². The van der Waals surface area contributed by atoms with Crippen LogP contribution in [0, 0.1) is 28.6 Å². The Balaban J connectivity index is 2.14. The molecule has 19 heavy (non-hydrogen) atoms. The van der Waals surface area contributed by atoms with Crippen LogP contribution < -0.4 is 5.32 Å². The largest absolute Gasteiger partial charge is 0.316 e. The Labute approximate surface area is 119 Å². The van der Waals surface area contributed by atoms with Crippen LogP contribution in [0.4, 0.5) is 0 Å². The van der Waals surface area contributed by atoms with Crippen molar-refractivity contribution in [2.24, 2.45) is 17.3 Å². The molecule has 0 amide bonds. The van der Waals surface area contributed by atoms with Crippen molar-refractivity contribution in [3.05, 3.63) is 0 Å². The Kier molecular flexibility index (Phi) is 6.82. The van der Waals surface area contributed by atoms with Crippen molar-refractivity contribution in [2.75, 3.05) is 32.7 Å². The van der Waals surface area contributed by atoms with Crippen LogP contribution in [0.15, 0.2) is 0 Å². The second-order valence-electron chi connectivity index (χ2n) is 7.08. The quantitative estimate of drug-likeness (QED) is 0.769. The van der Waals surface area contributed by atoms with Gasteiger partial charge < -0.3 is 10.2 Å². The van der Waals surface area contributed by atoms with Crippen LogP contribution in [0.2, 0.25) is 0 Å². The molecule has 1 heterocycles. The minimum atomic E-state index is -0.171. The fourth-order valence-corrected chi connectivity index (χ4v) is 2.48. The Morgan fingerprint density at radius 1 is 1.32 bits per heavy atom. The number of nitrogens with zero attached hydrogens (tertiary/aromatic N) is 2. The lowest BCUT2D eigenvalue weighted by atomic mass is 9.90. The zero-order valence-corrected chi connectivity index (χ0v) is 13.2. The molecule has 0 unspecified atom stereocenters. The Morgan fingerprint density at radius 2 is 1.95 bits per heavy atom. The first-order valence-electron chi connectivity index (χ1n) is 7.77. The first-order chi connectivity index (χ1) is 8.93. The van der Waals surface area contributed by atoms with E-state index in [9.17, 15) is 0 Å². The summed E-state index contributed by atoms with van der Waals surface area (Å²) in [4.78, 5) is 2.53. The van der Waals surface area contributed by atoms with Gasteiger partial charge in [0.15, 0.2) is 0 Å². The molecule has 0 aromatic rings. The number of nitrogens with one attached hydrogen (secondary N) is 1. The molecule has 1 saturated heterocycles. The fourth-order valence-electron chi connectivity index (χ4n) is 2.48. The maximum atomic E-state index is 9.03. The van der Waals surface area contributed by atoms with Gasteiger partial charge in [-0.05, 0) is 77.7 Å². The van der Waals surface area contributed by atoms with E-state index in [1.54, 1.807) is 0 Å². The lowest BCUT2D eigenvalue weighted by Gasteiger charge is -2.33. The van der Waals surface area contributed by atoms with Gasteiger partial charge in [0.25, 0.3) is 0 Å². The minimum Gasteiger partial charge on any atom is -0.316 e. The van der Waals surface area contributed by atoms with Gasteiger partial charge in [-0.3, -0.25) is 0 Å². The van der Waals surface area contributed by atoms with E-state index < -0.39 is 0 Å². The monoisotopic (exact) mass is 265 g/mol. The maximum Gasteiger partial charge on any atom is 0.0684 e. The second kappa shape index (κ2) is 7.87. The molecule has 0 atom stereocenters. The van der Waals surface area contributed by atoms with E-state index >= 15 is 0 Å². The third-order valence-corrected chi connectivity index (χ3v) is 4.05. The van der Waals surface area contributed by atoms with Crippen molar-refractivity contribution < 1.29 is 0 Å². The molecule has 0 aliphatic carbocycles. The summed E-state index contributed by atoms with van der Waals surface area (Å²) >= 11 is 0. The van der Waals surface area contributed by atoms with Gasteiger partial charge in [0, 0.05) is 0 Å². The molecule has 0 bridgehead atoms. The maximum absolute atomic E-state index is 9.03. The van der Waals surface area contributed by atoms with E-state index in [0.717, 1.165) is 31.3 Å². The minimum absolute atomic E-state index is 0.171. The van der Waals surface area contributed by atoms with Crippen molar-refractivity contribution in [3.8, 4) is 6.07 Å². The predicted molar refractivity (Wildman–Crippen MR) is 80.9 cm³/mol. The van der Waals surface area contributed by atoms with E-state index in [2.05, 4.69) is 30.1 Å². The summed E-state index contributed by atoms with van der Waals surface area (Å²) in [7, 11) is 0. The Hall–Kier alpha value is -0.590. The van der Waals surface area contributed by atoms with Crippen molar-refractivity contribution in [2.45, 2.75) is 47.0 Å². The average Bonchev–Trinajstić information content (AvgIpc) is 2.37. The van der Waals surface area contributed by atoms with Crippen molar-refractivity contribution in [1.82, 2.24) is 10.2 Å². The Bertz CT molecular complexity index is 283. The molecular formula is C16H31N3. The fraction of sp³-hybridized carbons (Fsp3) is 0.938. The highest BCUT2D eigenvalue weighted by atomic mass is 15.1. The van der Waals surface area contributed by atoms with Crippen LogP contribution in [0.5, 0.6) is 0 Å². The number of hydrogen-bond acceptors (Lipinski definition) is 3. The first-order valence-corrected chi connectivity index (χ1v) is 7.77. The predicted octanol–water partition coefficient (Wildman–Crippen LogP) is 2.88. The molecule has 3 heteroatoms. The molecule has 1 fully saturated rings. The van der Waals surface area contributed by atoms with E-state index in [1.807, 2.05) is 13.8 Å². The van der Waals surface area contributed by atoms with Gasteiger partial charge >= 0.3 is 0 Å². The van der Waals surface area contributed by atoms with Crippen molar-refractivity contribution in [1.29, 1.82) is 5.26 Å². The van der Waals surface area contributed by atoms with Gasteiger partial charge in [-0.1, -0.05) is 13.8 Å². The molecule has 1 N–H and O–H groups in total. The van der Waals surface area contributed by atoms with E-state index in [4.69, 9.17) is 5.26 Å². The van der Waals surface area contributed by atoms with Crippen molar-refractivity contribution in [3.63, 3.8) is 0 Å². The van der Waals surface area contributed by atoms with Crippen LogP contribution in [0.25, 0.3) is 0 Å². The smallest absolute Gasteiger partial charge is 0.0684 e. The van der Waals surface area contributed by atoms with Gasteiger partial charge in [-0.2, -0.15) is 5.26 Å². The van der Waals surface area contributed by atoms with Crippen molar-refractivity contribution >= 4 is 0 Å². The third kappa shape index (κ3) is 6.94. The molecule has 0 aromatic carbocycles. The number of nitriles is 1. The molecule has 0 saturated carbocycles. The molecule has 1 rings (SSSR count). The molecule has 0 spiro atoms. The number of likely N-dealkylation sites (tertiary alicyclic amines) is 1. The zero-order chi connectivity index (χ0) is 14.3. The van der Waals surface area contributed by atoms with Crippen LogP contribution in [-0.4, -0.2) is 37.6 Å². The molecule has 3 nitrogen and oxygen atoms in total. The van der Waals surface area contributed by atoms with E-state index in [-0.39, 0.29) is 5.41 Å².